The highest BCUT2D eigenvalue weighted by molar-refractivity contribution is 5.85. The molecular weight excluding hydrogens is 333 g/mol. The van der Waals surface area contributed by atoms with Gasteiger partial charge in [-0.25, -0.2) is 0 Å². The predicted molar refractivity (Wildman–Crippen MR) is 99.3 cm³/mol. The van der Waals surface area contributed by atoms with Crippen LogP contribution in [-0.4, -0.2) is 43.0 Å². The molecule has 2 bridgehead atoms. The van der Waals surface area contributed by atoms with Crippen molar-refractivity contribution < 1.29 is 4.79 Å². The van der Waals surface area contributed by atoms with Crippen LogP contribution in [0.25, 0.3) is 0 Å². The Morgan fingerprint density at radius 3 is 2.43 bits per heavy atom. The zero-order chi connectivity index (χ0) is 14.8. The zero-order valence-corrected chi connectivity index (χ0v) is 15.8. The van der Waals surface area contributed by atoms with Crippen LogP contribution in [0.3, 0.4) is 0 Å². The molecule has 1 amide bonds. The van der Waals surface area contributed by atoms with Gasteiger partial charge in [0.05, 0.1) is 5.92 Å². The number of rotatable bonds is 5. The van der Waals surface area contributed by atoms with Crippen LogP contribution in [0.2, 0.25) is 0 Å². The van der Waals surface area contributed by atoms with Gasteiger partial charge in [-0.2, -0.15) is 0 Å². The molecule has 1 heterocycles. The van der Waals surface area contributed by atoms with Gasteiger partial charge in [-0.15, -0.1) is 24.8 Å². The third-order valence-corrected chi connectivity index (χ3v) is 5.93. The monoisotopic (exact) mass is 365 g/mol. The summed E-state index contributed by atoms with van der Waals surface area (Å²) < 4.78 is 0. The van der Waals surface area contributed by atoms with Gasteiger partial charge < -0.3 is 16.0 Å². The van der Waals surface area contributed by atoms with Crippen LogP contribution in [0.15, 0.2) is 0 Å². The lowest BCUT2D eigenvalue weighted by Crippen LogP contribution is -2.47. The largest absolute Gasteiger partial charge is 0.355 e. The molecule has 0 aromatic carbocycles. The van der Waals surface area contributed by atoms with Crippen molar-refractivity contribution in [3.05, 3.63) is 0 Å². The summed E-state index contributed by atoms with van der Waals surface area (Å²) in [4.78, 5) is 15.0. The first kappa shape index (κ1) is 21.0. The molecular formula is C17H33Cl2N3O. The van der Waals surface area contributed by atoms with Gasteiger partial charge in [0.1, 0.15) is 0 Å². The molecule has 6 heteroatoms. The fourth-order valence-corrected chi connectivity index (χ4v) is 4.76. The highest BCUT2D eigenvalue weighted by atomic mass is 35.5. The zero-order valence-electron chi connectivity index (χ0n) is 14.2. The van der Waals surface area contributed by atoms with Crippen LogP contribution < -0.4 is 11.1 Å². The number of piperidine rings is 1. The van der Waals surface area contributed by atoms with Gasteiger partial charge in [-0.05, 0) is 62.9 Å². The standard InChI is InChI=1S/C17H31N3O.2ClH/c1-12(11-20-7-3-2-4-8-20)10-19-17(21)15-13-5-6-14(9-13)16(15)18;;/h12-16H,2-11,18H2,1H3,(H,19,21);2*1H. The molecule has 5 unspecified atom stereocenters. The highest BCUT2D eigenvalue weighted by Crippen LogP contribution is 2.47. The molecule has 4 nitrogen and oxygen atoms in total. The first-order valence-electron chi connectivity index (χ1n) is 8.91. The smallest absolute Gasteiger partial charge is 0.224 e. The van der Waals surface area contributed by atoms with Crippen LogP contribution in [0.4, 0.5) is 0 Å². The van der Waals surface area contributed by atoms with E-state index >= 15 is 0 Å². The number of hydrogen-bond donors (Lipinski definition) is 2. The lowest BCUT2D eigenvalue weighted by atomic mass is 9.84. The van der Waals surface area contributed by atoms with Crippen molar-refractivity contribution in [2.24, 2.45) is 29.4 Å². The number of hydrogen-bond acceptors (Lipinski definition) is 3. The molecule has 3 fully saturated rings. The summed E-state index contributed by atoms with van der Waals surface area (Å²) in [5.41, 5.74) is 6.25. The third kappa shape index (κ3) is 4.97. The SMILES string of the molecule is CC(CNC(=O)C1C2CCC(C2)C1N)CN1CCCCC1.Cl.Cl. The Hall–Kier alpha value is -0.0300. The van der Waals surface area contributed by atoms with Crippen molar-refractivity contribution in [3.63, 3.8) is 0 Å². The van der Waals surface area contributed by atoms with Crippen molar-refractivity contribution in [1.82, 2.24) is 10.2 Å². The maximum Gasteiger partial charge on any atom is 0.224 e. The molecule has 1 saturated heterocycles. The van der Waals surface area contributed by atoms with Crippen LogP contribution in [0.1, 0.15) is 45.4 Å². The first-order valence-corrected chi connectivity index (χ1v) is 8.91. The summed E-state index contributed by atoms with van der Waals surface area (Å²) in [6, 6.07) is 0.112. The Balaban J connectivity index is 0.00000132. The summed E-state index contributed by atoms with van der Waals surface area (Å²) in [6.45, 7) is 6.62. The van der Waals surface area contributed by atoms with E-state index in [2.05, 4.69) is 17.1 Å². The predicted octanol–water partition coefficient (Wildman–Crippen LogP) is 2.44. The van der Waals surface area contributed by atoms with Crippen molar-refractivity contribution in [2.45, 2.75) is 51.5 Å². The van der Waals surface area contributed by atoms with E-state index in [1.54, 1.807) is 0 Å². The maximum atomic E-state index is 12.4. The van der Waals surface area contributed by atoms with Gasteiger partial charge in [0.15, 0.2) is 0 Å². The number of carbonyl (C=O) groups is 1. The lowest BCUT2D eigenvalue weighted by molar-refractivity contribution is -0.127. The Morgan fingerprint density at radius 1 is 1.17 bits per heavy atom. The molecule has 2 saturated carbocycles. The van der Waals surface area contributed by atoms with Crippen molar-refractivity contribution in [1.29, 1.82) is 0 Å². The first-order chi connectivity index (χ1) is 10.1. The molecule has 2 aliphatic carbocycles. The molecule has 0 aromatic rings. The minimum Gasteiger partial charge on any atom is -0.355 e. The Kier molecular flexibility index (Phi) is 8.64. The molecule has 23 heavy (non-hydrogen) atoms. The molecule has 3 aliphatic rings. The van der Waals surface area contributed by atoms with E-state index < -0.39 is 0 Å². The quantitative estimate of drug-likeness (QED) is 0.786. The van der Waals surface area contributed by atoms with Crippen LogP contribution in [-0.2, 0) is 4.79 Å². The molecule has 0 aromatic heterocycles. The average Bonchev–Trinajstić information content (AvgIpc) is 3.07. The van der Waals surface area contributed by atoms with Gasteiger partial charge in [0.25, 0.3) is 0 Å². The maximum absolute atomic E-state index is 12.4. The van der Waals surface area contributed by atoms with Gasteiger partial charge in [0.2, 0.25) is 5.91 Å². The fraction of sp³-hybridized carbons (Fsp3) is 0.941. The molecule has 3 rings (SSSR count). The van der Waals surface area contributed by atoms with Crippen LogP contribution >= 0.6 is 24.8 Å². The second-order valence-corrected chi connectivity index (χ2v) is 7.65. The second kappa shape index (κ2) is 9.45. The number of halogens is 2. The van der Waals surface area contributed by atoms with E-state index in [1.165, 1.54) is 51.6 Å². The third-order valence-electron chi connectivity index (χ3n) is 5.93. The number of nitrogens with zero attached hydrogens (tertiary/aromatic N) is 1. The van der Waals surface area contributed by atoms with Gasteiger partial charge in [-0.1, -0.05) is 13.3 Å². The number of nitrogens with two attached hydrogens (primary N) is 1. The minimum absolute atomic E-state index is 0. The molecule has 0 radical (unpaired) electrons. The van der Waals surface area contributed by atoms with E-state index in [0.717, 1.165) is 13.1 Å². The van der Waals surface area contributed by atoms with E-state index in [4.69, 9.17) is 5.73 Å². The second-order valence-electron chi connectivity index (χ2n) is 7.65. The van der Waals surface area contributed by atoms with E-state index in [0.29, 0.717) is 17.8 Å². The Labute approximate surface area is 153 Å². The van der Waals surface area contributed by atoms with Gasteiger partial charge in [0, 0.05) is 19.1 Å². The van der Waals surface area contributed by atoms with Gasteiger partial charge in [-0.3, -0.25) is 4.79 Å². The summed E-state index contributed by atoms with van der Waals surface area (Å²) >= 11 is 0. The average molecular weight is 366 g/mol. The minimum atomic E-state index is 0. The topological polar surface area (TPSA) is 58.4 Å². The van der Waals surface area contributed by atoms with Crippen molar-refractivity contribution in [3.8, 4) is 0 Å². The molecule has 5 atom stereocenters. The summed E-state index contributed by atoms with van der Waals surface area (Å²) in [5.74, 6) is 2.01. The highest BCUT2D eigenvalue weighted by Gasteiger charge is 2.48. The molecule has 136 valence electrons. The number of nitrogens with one attached hydrogen (secondary N) is 1. The lowest BCUT2D eigenvalue weighted by Gasteiger charge is -2.30. The molecule has 0 spiro atoms. The number of fused-ring (bicyclic) bond motifs is 2. The van der Waals surface area contributed by atoms with Crippen LogP contribution in [0.5, 0.6) is 0 Å². The fourth-order valence-electron chi connectivity index (χ4n) is 4.76. The normalized spacial score (nSPS) is 34.3. The molecule has 1 aliphatic heterocycles. The summed E-state index contributed by atoms with van der Waals surface area (Å²) in [6.07, 6.45) is 7.67. The van der Waals surface area contributed by atoms with Crippen LogP contribution in [0, 0.1) is 23.7 Å². The number of carbonyl (C=O) groups excluding carboxylic acids is 1. The Bertz CT molecular complexity index is 375. The van der Waals surface area contributed by atoms with Crippen molar-refractivity contribution in [2.75, 3.05) is 26.2 Å². The van der Waals surface area contributed by atoms with E-state index in [9.17, 15) is 4.79 Å². The number of likely N-dealkylation sites (tertiary alicyclic amines) is 1. The van der Waals surface area contributed by atoms with E-state index in [-0.39, 0.29) is 42.7 Å². The Morgan fingerprint density at radius 2 is 1.83 bits per heavy atom. The molecule has 3 N–H and O–H groups in total. The summed E-state index contributed by atoms with van der Waals surface area (Å²) in [7, 11) is 0. The number of amides is 1. The van der Waals surface area contributed by atoms with E-state index in [1.807, 2.05) is 0 Å². The van der Waals surface area contributed by atoms with Crippen molar-refractivity contribution >= 4 is 30.7 Å². The summed E-state index contributed by atoms with van der Waals surface area (Å²) in [5, 5.41) is 3.18. The van der Waals surface area contributed by atoms with Gasteiger partial charge >= 0.3 is 0 Å².